The fourth-order valence-corrected chi connectivity index (χ4v) is 5.71. The molecular weight excluding hydrogens is 369 g/mol. The molecule has 0 amide bonds. The van der Waals surface area contributed by atoms with Gasteiger partial charge >= 0.3 is 0 Å². The van der Waals surface area contributed by atoms with Crippen LogP contribution >= 0.6 is 0 Å². The van der Waals surface area contributed by atoms with Gasteiger partial charge in [0.25, 0.3) is 0 Å². The highest BCUT2D eigenvalue weighted by Gasteiger charge is 2.30. The second kappa shape index (κ2) is 11.2. The molecule has 0 heterocycles. The molecule has 0 atom stereocenters. The third-order valence-corrected chi connectivity index (χ3v) is 7.55. The summed E-state index contributed by atoms with van der Waals surface area (Å²) in [6, 6.07) is 2.31. The zero-order valence-corrected chi connectivity index (χ0v) is 17.9. The van der Waals surface area contributed by atoms with E-state index >= 15 is 0 Å². The van der Waals surface area contributed by atoms with Crippen LogP contribution in [0.15, 0.2) is 24.3 Å². The number of rotatable bonds is 8. The number of hydrogen-bond donors (Lipinski definition) is 0. The van der Waals surface area contributed by atoms with Crippen molar-refractivity contribution < 1.29 is 13.2 Å². The van der Waals surface area contributed by atoms with Crippen LogP contribution in [0.25, 0.3) is 0 Å². The highest BCUT2D eigenvalue weighted by Crippen LogP contribution is 2.43. The van der Waals surface area contributed by atoms with Crippen molar-refractivity contribution in [3.8, 4) is 0 Å². The summed E-state index contributed by atoms with van der Waals surface area (Å²) in [4.78, 5) is 0. The van der Waals surface area contributed by atoms with Crippen LogP contribution in [0.1, 0.15) is 89.5 Å². The third-order valence-electron chi connectivity index (χ3n) is 7.55. The Kier molecular flexibility index (Phi) is 8.68. The van der Waals surface area contributed by atoms with Gasteiger partial charge in [0, 0.05) is 0 Å². The lowest BCUT2D eigenvalue weighted by molar-refractivity contribution is 0.141. The molecule has 0 saturated heterocycles. The molecule has 0 spiro atoms. The summed E-state index contributed by atoms with van der Waals surface area (Å²) < 4.78 is 39.8. The minimum absolute atomic E-state index is 0.580. The van der Waals surface area contributed by atoms with Gasteiger partial charge in [0.05, 0.1) is 0 Å². The number of benzene rings is 1. The maximum absolute atomic E-state index is 13.4. The molecule has 2 saturated carbocycles. The molecule has 2 aliphatic carbocycles. The van der Waals surface area contributed by atoms with Crippen molar-refractivity contribution in [3.63, 3.8) is 0 Å². The van der Waals surface area contributed by atoms with E-state index < -0.39 is 17.5 Å². The van der Waals surface area contributed by atoms with Crippen LogP contribution in [-0.2, 0) is 6.42 Å². The van der Waals surface area contributed by atoms with Gasteiger partial charge in [-0.15, -0.1) is 0 Å². The minimum atomic E-state index is -1.36. The monoisotopic (exact) mass is 406 g/mol. The predicted molar refractivity (Wildman–Crippen MR) is 114 cm³/mol. The van der Waals surface area contributed by atoms with Crippen molar-refractivity contribution in [2.45, 2.75) is 90.4 Å². The molecule has 2 fully saturated rings. The van der Waals surface area contributed by atoms with E-state index in [1.807, 2.05) is 0 Å². The Labute approximate surface area is 175 Å². The second-order valence-electron chi connectivity index (χ2n) is 9.47. The molecule has 0 radical (unpaired) electrons. The minimum Gasteiger partial charge on any atom is -0.204 e. The van der Waals surface area contributed by atoms with E-state index in [1.54, 1.807) is 0 Å². The summed E-state index contributed by atoms with van der Waals surface area (Å²) in [5.74, 6) is -0.0993. The summed E-state index contributed by atoms with van der Waals surface area (Å²) in [6.07, 6.45) is 20.8. The van der Waals surface area contributed by atoms with Crippen LogP contribution in [0.5, 0.6) is 0 Å². The van der Waals surface area contributed by atoms with Gasteiger partial charge in [0.15, 0.2) is 17.5 Å². The molecule has 0 aromatic heterocycles. The van der Waals surface area contributed by atoms with Gasteiger partial charge in [-0.1, -0.05) is 44.3 Å². The zero-order chi connectivity index (χ0) is 20.6. The number of unbranched alkanes of at least 4 members (excludes halogenated alkanes) is 1. The van der Waals surface area contributed by atoms with E-state index in [4.69, 9.17) is 0 Å². The van der Waals surface area contributed by atoms with Crippen molar-refractivity contribution in [2.75, 3.05) is 0 Å². The first kappa shape index (κ1) is 22.4. The maximum Gasteiger partial charge on any atom is 0.194 e. The van der Waals surface area contributed by atoms with E-state index in [1.165, 1.54) is 70.6 Å². The molecule has 0 unspecified atom stereocenters. The van der Waals surface area contributed by atoms with Crippen LogP contribution in [0.3, 0.4) is 0 Å². The first-order valence-electron chi connectivity index (χ1n) is 11.8. The van der Waals surface area contributed by atoms with Gasteiger partial charge in [0.1, 0.15) is 0 Å². The third kappa shape index (κ3) is 6.62. The average molecular weight is 407 g/mol. The predicted octanol–water partition coefficient (Wildman–Crippen LogP) is 8.40. The van der Waals surface area contributed by atoms with Gasteiger partial charge in [-0.2, -0.15) is 0 Å². The molecule has 0 N–H and O–H groups in total. The van der Waals surface area contributed by atoms with Crippen molar-refractivity contribution in [3.05, 3.63) is 47.3 Å². The lowest BCUT2D eigenvalue weighted by atomic mass is 9.68. The Morgan fingerprint density at radius 3 is 1.83 bits per heavy atom. The van der Waals surface area contributed by atoms with Crippen molar-refractivity contribution >= 4 is 0 Å². The van der Waals surface area contributed by atoms with E-state index in [0.717, 1.165) is 36.3 Å². The lowest BCUT2D eigenvalue weighted by Gasteiger charge is -2.38. The first-order chi connectivity index (χ1) is 14.1. The average Bonchev–Trinajstić information content (AvgIpc) is 2.74. The highest BCUT2D eigenvalue weighted by atomic mass is 19.2. The van der Waals surface area contributed by atoms with Gasteiger partial charge in [-0.25, -0.2) is 13.2 Å². The normalized spacial score (nSPS) is 28.1. The van der Waals surface area contributed by atoms with Gasteiger partial charge < -0.3 is 0 Å². The van der Waals surface area contributed by atoms with Crippen LogP contribution in [0, 0.1) is 41.1 Å². The van der Waals surface area contributed by atoms with Crippen LogP contribution in [0.4, 0.5) is 13.2 Å². The van der Waals surface area contributed by atoms with Crippen molar-refractivity contribution in [1.29, 1.82) is 0 Å². The molecule has 1 aromatic rings. The molecule has 1 aromatic carbocycles. The number of allylic oxidation sites excluding steroid dienone is 2. The van der Waals surface area contributed by atoms with Gasteiger partial charge in [-0.3, -0.25) is 0 Å². The molecule has 2 aliphatic rings. The quantitative estimate of drug-likeness (QED) is 0.231. The molecule has 0 aliphatic heterocycles. The van der Waals surface area contributed by atoms with Gasteiger partial charge in [0.2, 0.25) is 0 Å². The fourth-order valence-electron chi connectivity index (χ4n) is 5.71. The van der Waals surface area contributed by atoms with Crippen LogP contribution in [-0.4, -0.2) is 0 Å². The van der Waals surface area contributed by atoms with E-state index in [-0.39, 0.29) is 0 Å². The Balaban J connectivity index is 1.34. The van der Waals surface area contributed by atoms with E-state index in [0.29, 0.717) is 17.9 Å². The van der Waals surface area contributed by atoms with Crippen molar-refractivity contribution in [1.82, 2.24) is 0 Å². The van der Waals surface area contributed by atoms with Crippen LogP contribution in [0.2, 0.25) is 0 Å². The van der Waals surface area contributed by atoms with Crippen molar-refractivity contribution in [2.24, 2.45) is 23.7 Å². The highest BCUT2D eigenvalue weighted by molar-refractivity contribution is 5.19. The molecular formula is C26H37F3. The summed E-state index contributed by atoms with van der Waals surface area (Å²) in [6.45, 7) is 2.10. The smallest absolute Gasteiger partial charge is 0.194 e. The van der Waals surface area contributed by atoms with Gasteiger partial charge in [-0.05, 0) is 99.7 Å². The molecule has 162 valence electrons. The summed E-state index contributed by atoms with van der Waals surface area (Å²) in [5.41, 5.74) is 0.580. The summed E-state index contributed by atoms with van der Waals surface area (Å²) in [5, 5.41) is 0. The Morgan fingerprint density at radius 2 is 1.31 bits per heavy atom. The van der Waals surface area contributed by atoms with E-state index in [2.05, 4.69) is 19.1 Å². The SMILES string of the molecule is CC=CCCCC1CCC(C2CCC(CCc3cc(F)c(F)c(F)c3)CC2)CC1. The topological polar surface area (TPSA) is 0 Å². The second-order valence-corrected chi connectivity index (χ2v) is 9.47. The molecule has 0 nitrogen and oxygen atoms in total. The maximum atomic E-state index is 13.4. The molecule has 0 bridgehead atoms. The lowest BCUT2D eigenvalue weighted by Crippen LogP contribution is -2.26. The standard InChI is InChI=1S/C26H37F3/c1-2-3-4-5-6-19-9-13-22(14-10-19)23-15-11-20(12-16-23)7-8-21-17-24(27)26(29)25(28)18-21/h2-3,17-20,22-23H,4-16H2,1H3. The van der Waals surface area contributed by atoms with Crippen LogP contribution < -0.4 is 0 Å². The molecule has 3 heteroatoms. The van der Waals surface area contributed by atoms with E-state index in [9.17, 15) is 13.2 Å². The summed E-state index contributed by atoms with van der Waals surface area (Å²) in [7, 11) is 0. The largest absolute Gasteiger partial charge is 0.204 e. The number of halogens is 3. The Morgan fingerprint density at radius 1 is 0.793 bits per heavy atom. The number of hydrogen-bond acceptors (Lipinski definition) is 0. The first-order valence-corrected chi connectivity index (χ1v) is 11.8. The molecule has 3 rings (SSSR count). The molecule has 29 heavy (non-hydrogen) atoms. The zero-order valence-electron chi connectivity index (χ0n) is 17.9. The fraction of sp³-hybridized carbons (Fsp3) is 0.692. The Bertz CT molecular complexity index is 627. The number of aryl methyl sites for hydroxylation is 1. The summed E-state index contributed by atoms with van der Waals surface area (Å²) >= 11 is 0. The Hall–Kier alpha value is -1.25.